The Balaban J connectivity index is 1.46. The van der Waals surface area contributed by atoms with Crippen molar-refractivity contribution >= 4 is 29.0 Å². The van der Waals surface area contributed by atoms with E-state index >= 15 is 0 Å². The first-order valence-electron chi connectivity index (χ1n) is 9.87. The van der Waals surface area contributed by atoms with Crippen molar-refractivity contribution in [2.24, 2.45) is 10.1 Å². The maximum absolute atomic E-state index is 13.4. The summed E-state index contributed by atoms with van der Waals surface area (Å²) in [6.45, 7) is 5.01. The van der Waals surface area contributed by atoms with Crippen LogP contribution in [0.2, 0.25) is 5.02 Å². The van der Waals surface area contributed by atoms with Gasteiger partial charge in [-0.25, -0.2) is 9.37 Å². The number of nitrogens with zero attached hydrogens (tertiary/aromatic N) is 4. The van der Waals surface area contributed by atoms with Gasteiger partial charge in [0, 0.05) is 49.8 Å². The third kappa shape index (κ3) is 4.77. The van der Waals surface area contributed by atoms with Gasteiger partial charge in [0.05, 0.1) is 30.5 Å². The molecule has 0 atom stereocenters. The van der Waals surface area contributed by atoms with E-state index < -0.39 is 5.82 Å². The van der Waals surface area contributed by atoms with E-state index in [0.717, 1.165) is 61.2 Å². The highest BCUT2D eigenvalue weighted by Crippen LogP contribution is 2.26. The maximum Gasteiger partial charge on any atom is 0.141 e. The van der Waals surface area contributed by atoms with Gasteiger partial charge in [-0.15, -0.1) is 0 Å². The number of hydrogen-bond donors (Lipinski definition) is 2. The molecule has 0 aliphatic carbocycles. The highest BCUT2D eigenvalue weighted by molar-refractivity contribution is 6.30. The smallest absolute Gasteiger partial charge is 0.141 e. The van der Waals surface area contributed by atoms with Crippen molar-refractivity contribution < 1.29 is 14.3 Å². The summed E-state index contributed by atoms with van der Waals surface area (Å²) >= 11 is 5.88. The summed E-state index contributed by atoms with van der Waals surface area (Å²) in [6, 6.07) is 6.30. The lowest BCUT2D eigenvalue weighted by Gasteiger charge is -2.25. The minimum absolute atomic E-state index is 0.0427. The molecule has 0 radical (unpaired) electrons. The van der Waals surface area contributed by atoms with Gasteiger partial charge in [-0.05, 0) is 23.8 Å². The molecule has 2 aromatic rings. The molecule has 7 nitrogen and oxygen atoms in total. The zero-order valence-corrected chi connectivity index (χ0v) is 17.2. The van der Waals surface area contributed by atoms with Crippen LogP contribution in [0.3, 0.4) is 0 Å². The SMILES string of the molecule is O/N=C(\Cc1ccc(F)c(Cl)c1)c1ccnc2c1CC(=NCCN1CCOCC1)N2. The molecule has 1 fully saturated rings. The van der Waals surface area contributed by atoms with Crippen LogP contribution < -0.4 is 5.32 Å². The fraction of sp³-hybridized carbons (Fsp3) is 0.381. The molecule has 4 rings (SSSR count). The number of anilines is 1. The van der Waals surface area contributed by atoms with Crippen molar-refractivity contribution in [3.63, 3.8) is 0 Å². The van der Waals surface area contributed by atoms with Gasteiger partial charge in [-0.3, -0.25) is 9.89 Å². The molecule has 0 bridgehead atoms. The Bertz CT molecular complexity index is 976. The van der Waals surface area contributed by atoms with E-state index in [2.05, 4.69) is 25.3 Å². The van der Waals surface area contributed by atoms with Crippen molar-refractivity contribution in [3.8, 4) is 0 Å². The molecule has 0 saturated carbocycles. The summed E-state index contributed by atoms with van der Waals surface area (Å²) in [6.07, 6.45) is 2.57. The summed E-state index contributed by atoms with van der Waals surface area (Å²) in [4.78, 5) is 11.4. The lowest BCUT2D eigenvalue weighted by Crippen LogP contribution is -2.37. The number of aliphatic imine (C=N–C) groups is 1. The Morgan fingerprint density at radius 1 is 1.30 bits per heavy atom. The third-order valence-corrected chi connectivity index (χ3v) is 5.56. The van der Waals surface area contributed by atoms with Crippen molar-refractivity contribution in [1.29, 1.82) is 0 Å². The number of ether oxygens (including phenoxy) is 1. The van der Waals surface area contributed by atoms with Crippen LogP contribution in [0.5, 0.6) is 0 Å². The Hall–Kier alpha value is -2.55. The number of halogens is 2. The van der Waals surface area contributed by atoms with Crippen molar-refractivity contribution in [3.05, 3.63) is 58.0 Å². The van der Waals surface area contributed by atoms with Gasteiger partial charge in [-0.2, -0.15) is 0 Å². The zero-order valence-electron chi connectivity index (χ0n) is 16.4. The van der Waals surface area contributed by atoms with E-state index in [9.17, 15) is 9.60 Å². The number of nitrogens with one attached hydrogen (secondary N) is 1. The summed E-state index contributed by atoms with van der Waals surface area (Å²) in [7, 11) is 0. The van der Waals surface area contributed by atoms with Crippen LogP contribution in [0.15, 0.2) is 40.6 Å². The highest BCUT2D eigenvalue weighted by Gasteiger charge is 2.23. The van der Waals surface area contributed by atoms with E-state index in [1.807, 2.05) is 6.07 Å². The summed E-state index contributed by atoms with van der Waals surface area (Å²) in [5.74, 6) is 1.09. The van der Waals surface area contributed by atoms with Crippen molar-refractivity contribution in [2.75, 3.05) is 44.7 Å². The second-order valence-corrected chi connectivity index (χ2v) is 7.65. The molecule has 2 N–H and O–H groups in total. The van der Waals surface area contributed by atoms with Crippen LogP contribution in [-0.2, 0) is 17.6 Å². The minimum Gasteiger partial charge on any atom is -0.411 e. The van der Waals surface area contributed by atoms with Gasteiger partial charge in [0.1, 0.15) is 17.5 Å². The number of pyridine rings is 1. The number of amidine groups is 1. The van der Waals surface area contributed by atoms with Crippen LogP contribution in [0, 0.1) is 5.82 Å². The van der Waals surface area contributed by atoms with Gasteiger partial charge >= 0.3 is 0 Å². The molecule has 2 aliphatic rings. The van der Waals surface area contributed by atoms with Gasteiger partial charge in [-0.1, -0.05) is 22.8 Å². The number of morpholine rings is 1. The van der Waals surface area contributed by atoms with Gasteiger partial charge in [0.15, 0.2) is 0 Å². The number of fused-ring (bicyclic) bond motifs is 1. The predicted molar refractivity (Wildman–Crippen MR) is 115 cm³/mol. The molecule has 0 unspecified atom stereocenters. The molecule has 2 aliphatic heterocycles. The topological polar surface area (TPSA) is 82.3 Å². The summed E-state index contributed by atoms with van der Waals surface area (Å²) in [5, 5.41) is 16.4. The van der Waals surface area contributed by atoms with E-state index in [4.69, 9.17) is 16.3 Å². The molecule has 1 aromatic heterocycles. The summed E-state index contributed by atoms with van der Waals surface area (Å²) in [5.41, 5.74) is 2.94. The zero-order chi connectivity index (χ0) is 20.9. The molecular formula is C21H23ClFN5O2. The van der Waals surface area contributed by atoms with E-state index in [0.29, 0.717) is 25.1 Å². The van der Waals surface area contributed by atoms with Gasteiger partial charge in [0.25, 0.3) is 0 Å². The molecular weight excluding hydrogens is 409 g/mol. The van der Waals surface area contributed by atoms with Crippen LogP contribution in [0.25, 0.3) is 0 Å². The Morgan fingerprint density at radius 3 is 2.90 bits per heavy atom. The Morgan fingerprint density at radius 2 is 2.13 bits per heavy atom. The van der Waals surface area contributed by atoms with Crippen LogP contribution >= 0.6 is 11.6 Å². The second kappa shape index (κ2) is 9.51. The fourth-order valence-electron chi connectivity index (χ4n) is 3.67. The normalized spacial score (nSPS) is 18.5. The van der Waals surface area contributed by atoms with Crippen LogP contribution in [0.4, 0.5) is 10.2 Å². The number of aromatic nitrogens is 1. The second-order valence-electron chi connectivity index (χ2n) is 7.24. The molecule has 0 amide bonds. The quantitative estimate of drug-likeness (QED) is 0.417. The molecule has 0 spiro atoms. The first kappa shape index (κ1) is 20.7. The Kier molecular flexibility index (Phi) is 6.56. The number of benzene rings is 1. The van der Waals surface area contributed by atoms with E-state index in [-0.39, 0.29) is 5.02 Å². The highest BCUT2D eigenvalue weighted by atomic mass is 35.5. The predicted octanol–water partition coefficient (Wildman–Crippen LogP) is 2.99. The lowest BCUT2D eigenvalue weighted by molar-refractivity contribution is 0.0394. The number of hydrogen-bond acceptors (Lipinski definition) is 6. The lowest BCUT2D eigenvalue weighted by atomic mass is 9.98. The largest absolute Gasteiger partial charge is 0.411 e. The monoisotopic (exact) mass is 431 g/mol. The first-order valence-corrected chi connectivity index (χ1v) is 10.3. The minimum atomic E-state index is -0.477. The molecule has 3 heterocycles. The maximum atomic E-state index is 13.4. The average Bonchev–Trinajstić information content (AvgIpc) is 3.18. The van der Waals surface area contributed by atoms with E-state index in [1.54, 1.807) is 18.3 Å². The van der Waals surface area contributed by atoms with E-state index in [1.165, 1.54) is 6.07 Å². The Labute approximate surface area is 179 Å². The molecule has 1 saturated heterocycles. The standard InChI is InChI=1S/C21H23ClFN5O2/c22-17-11-14(1-2-18(17)23)12-19(27-29)15-3-4-25-21-16(15)13-20(26-21)24-5-6-28-7-9-30-10-8-28/h1-4,11,29H,5-10,12-13H2,(H,24,25,26)/b27-19+. The van der Waals surface area contributed by atoms with Crippen molar-refractivity contribution in [2.45, 2.75) is 12.8 Å². The van der Waals surface area contributed by atoms with Crippen LogP contribution in [0.1, 0.15) is 16.7 Å². The van der Waals surface area contributed by atoms with Gasteiger partial charge < -0.3 is 15.3 Å². The van der Waals surface area contributed by atoms with Crippen molar-refractivity contribution in [1.82, 2.24) is 9.88 Å². The third-order valence-electron chi connectivity index (χ3n) is 5.27. The fourth-order valence-corrected chi connectivity index (χ4v) is 3.87. The molecule has 30 heavy (non-hydrogen) atoms. The first-order chi connectivity index (χ1) is 14.6. The molecule has 158 valence electrons. The van der Waals surface area contributed by atoms with Crippen LogP contribution in [-0.4, -0.2) is 66.0 Å². The average molecular weight is 432 g/mol. The molecule has 1 aromatic carbocycles. The van der Waals surface area contributed by atoms with Gasteiger partial charge in [0.2, 0.25) is 0 Å². The molecule has 9 heteroatoms. The summed E-state index contributed by atoms with van der Waals surface area (Å²) < 4.78 is 18.8. The number of oxime groups is 1. The number of rotatable bonds is 6.